The number of fused-ring (bicyclic) bond motifs is 1. The van der Waals surface area contributed by atoms with Gasteiger partial charge in [0.25, 0.3) is 11.1 Å². The molecule has 4 aromatic rings. The molecule has 4 nitrogen and oxygen atoms in total. The van der Waals surface area contributed by atoms with Crippen LogP contribution in [-0.2, 0) is 17.9 Å². The zero-order valence-electron chi connectivity index (χ0n) is 17.7. The number of carbonyl (C=O) groups is 2. The third-order valence-electron chi connectivity index (χ3n) is 5.64. The lowest BCUT2D eigenvalue weighted by Crippen LogP contribution is -2.27. The van der Waals surface area contributed by atoms with Crippen LogP contribution in [0, 0.1) is 6.92 Å². The van der Waals surface area contributed by atoms with Crippen LogP contribution in [0.2, 0.25) is 0 Å². The maximum absolute atomic E-state index is 13.0. The highest BCUT2D eigenvalue weighted by atomic mass is 32.2. The molecule has 5 heteroatoms. The van der Waals surface area contributed by atoms with E-state index in [1.54, 1.807) is 0 Å². The molecule has 0 saturated carbocycles. The minimum Gasteiger partial charge on any atom is -0.342 e. The van der Waals surface area contributed by atoms with Crippen molar-refractivity contribution < 1.29 is 9.59 Å². The van der Waals surface area contributed by atoms with Crippen molar-refractivity contribution in [3.63, 3.8) is 0 Å². The molecule has 0 N–H and O–H groups in total. The van der Waals surface area contributed by atoms with Crippen molar-refractivity contribution in [1.82, 2.24) is 9.47 Å². The number of aromatic nitrogens is 1. The van der Waals surface area contributed by atoms with Crippen LogP contribution in [0.4, 0.5) is 4.79 Å². The van der Waals surface area contributed by atoms with Crippen molar-refractivity contribution in [2.75, 3.05) is 0 Å². The zero-order chi connectivity index (χ0) is 22.1. The third kappa shape index (κ3) is 3.99. The quantitative estimate of drug-likeness (QED) is 0.347. The molecule has 2 heterocycles. The van der Waals surface area contributed by atoms with Crippen molar-refractivity contribution in [2.24, 2.45) is 0 Å². The maximum atomic E-state index is 13.0. The van der Waals surface area contributed by atoms with E-state index in [2.05, 4.69) is 54.1 Å². The summed E-state index contributed by atoms with van der Waals surface area (Å²) in [5.74, 6) is -0.237. The fourth-order valence-corrected chi connectivity index (χ4v) is 4.78. The standard InChI is InChI=1S/C27H22N2O2S/c1-19-11-13-21(14-12-19)16-28-18-22(23-9-5-6-10-24(23)28)15-25-26(30)29(27(31)32-25)17-20-7-3-2-4-8-20/h2-15,18H,16-17H2,1H3/b25-15-. The highest BCUT2D eigenvalue weighted by molar-refractivity contribution is 8.18. The molecule has 1 saturated heterocycles. The first kappa shape index (κ1) is 20.3. The van der Waals surface area contributed by atoms with Gasteiger partial charge in [0.05, 0.1) is 11.4 Å². The summed E-state index contributed by atoms with van der Waals surface area (Å²) in [4.78, 5) is 27.3. The van der Waals surface area contributed by atoms with Crippen LogP contribution >= 0.6 is 11.8 Å². The molecule has 3 aromatic carbocycles. The Labute approximate surface area is 191 Å². The topological polar surface area (TPSA) is 42.3 Å². The lowest BCUT2D eigenvalue weighted by atomic mass is 10.1. The lowest BCUT2D eigenvalue weighted by Gasteiger charge is -2.12. The SMILES string of the molecule is Cc1ccc(Cn2cc(/C=C3\SC(=O)N(Cc4ccccc4)C3=O)c3ccccc32)cc1. The molecule has 1 aromatic heterocycles. The van der Waals surface area contributed by atoms with Gasteiger partial charge in [-0.25, -0.2) is 0 Å². The van der Waals surface area contributed by atoms with Gasteiger partial charge in [-0.1, -0.05) is 78.4 Å². The molecular weight excluding hydrogens is 416 g/mol. The van der Waals surface area contributed by atoms with Gasteiger partial charge >= 0.3 is 0 Å². The summed E-state index contributed by atoms with van der Waals surface area (Å²) in [6, 6.07) is 26.2. The number of hydrogen-bond acceptors (Lipinski definition) is 3. The molecule has 158 valence electrons. The summed E-state index contributed by atoms with van der Waals surface area (Å²) in [5.41, 5.74) is 5.43. The van der Waals surface area contributed by atoms with Gasteiger partial charge in [-0.3, -0.25) is 14.5 Å². The molecule has 5 rings (SSSR count). The lowest BCUT2D eigenvalue weighted by molar-refractivity contribution is -0.123. The van der Waals surface area contributed by atoms with E-state index in [4.69, 9.17) is 0 Å². The summed E-state index contributed by atoms with van der Waals surface area (Å²) in [6.45, 7) is 3.11. The van der Waals surface area contributed by atoms with Gasteiger partial charge < -0.3 is 4.57 Å². The van der Waals surface area contributed by atoms with E-state index in [1.807, 2.05) is 48.5 Å². The molecule has 0 spiro atoms. The average Bonchev–Trinajstić information content (AvgIpc) is 3.28. The minimum atomic E-state index is -0.237. The number of benzene rings is 3. The van der Waals surface area contributed by atoms with Crippen LogP contribution in [-0.4, -0.2) is 20.6 Å². The Morgan fingerprint density at radius 1 is 0.812 bits per heavy atom. The first-order valence-electron chi connectivity index (χ1n) is 10.5. The van der Waals surface area contributed by atoms with Gasteiger partial charge in [-0.2, -0.15) is 0 Å². The first-order chi connectivity index (χ1) is 15.6. The Kier molecular flexibility index (Phi) is 5.41. The third-order valence-corrected chi connectivity index (χ3v) is 6.54. The summed E-state index contributed by atoms with van der Waals surface area (Å²) in [6.07, 6.45) is 3.92. The molecule has 0 atom stereocenters. The van der Waals surface area contributed by atoms with Crippen LogP contribution < -0.4 is 0 Å². The number of rotatable bonds is 5. The van der Waals surface area contributed by atoms with Gasteiger partial charge in [-0.05, 0) is 42.0 Å². The number of aryl methyl sites for hydroxylation is 1. The molecular formula is C27H22N2O2S. The predicted octanol–water partition coefficient (Wildman–Crippen LogP) is 6.23. The number of amides is 2. The average molecular weight is 439 g/mol. The Balaban J connectivity index is 1.46. The Bertz CT molecular complexity index is 1340. The second-order valence-electron chi connectivity index (χ2n) is 7.97. The Morgan fingerprint density at radius 3 is 2.28 bits per heavy atom. The van der Waals surface area contributed by atoms with Crippen LogP contribution in [0.15, 0.2) is 90.0 Å². The molecule has 0 radical (unpaired) electrons. The van der Waals surface area contributed by atoms with Crippen LogP contribution in [0.1, 0.15) is 22.3 Å². The van der Waals surface area contributed by atoms with Crippen molar-refractivity contribution in [2.45, 2.75) is 20.0 Å². The Morgan fingerprint density at radius 2 is 1.50 bits per heavy atom. The number of carbonyl (C=O) groups excluding carboxylic acids is 2. The number of nitrogens with zero attached hydrogens (tertiary/aromatic N) is 2. The van der Waals surface area contributed by atoms with Crippen LogP contribution in [0.5, 0.6) is 0 Å². The van der Waals surface area contributed by atoms with E-state index in [0.717, 1.165) is 40.3 Å². The van der Waals surface area contributed by atoms with E-state index >= 15 is 0 Å². The molecule has 1 fully saturated rings. The van der Waals surface area contributed by atoms with E-state index in [0.29, 0.717) is 4.91 Å². The van der Waals surface area contributed by atoms with Gasteiger partial charge in [-0.15, -0.1) is 0 Å². The number of hydrogen-bond donors (Lipinski definition) is 0. The fourth-order valence-electron chi connectivity index (χ4n) is 3.95. The van der Waals surface area contributed by atoms with E-state index in [-0.39, 0.29) is 17.7 Å². The minimum absolute atomic E-state index is 0.228. The number of imide groups is 1. The van der Waals surface area contributed by atoms with Crippen molar-refractivity contribution in [3.8, 4) is 0 Å². The van der Waals surface area contributed by atoms with E-state index in [1.165, 1.54) is 16.0 Å². The van der Waals surface area contributed by atoms with Crippen molar-refractivity contribution >= 4 is 39.9 Å². The summed E-state index contributed by atoms with van der Waals surface area (Å²) < 4.78 is 2.19. The molecule has 1 aliphatic heterocycles. The molecule has 0 bridgehead atoms. The smallest absolute Gasteiger partial charge is 0.293 e. The predicted molar refractivity (Wildman–Crippen MR) is 130 cm³/mol. The molecule has 1 aliphatic rings. The highest BCUT2D eigenvalue weighted by Gasteiger charge is 2.35. The van der Waals surface area contributed by atoms with Crippen molar-refractivity contribution in [1.29, 1.82) is 0 Å². The van der Waals surface area contributed by atoms with E-state index < -0.39 is 0 Å². The summed E-state index contributed by atoms with van der Waals surface area (Å²) >= 11 is 1.01. The monoisotopic (exact) mass is 438 g/mol. The number of thioether (sulfide) groups is 1. The van der Waals surface area contributed by atoms with Crippen LogP contribution in [0.25, 0.3) is 17.0 Å². The van der Waals surface area contributed by atoms with Gasteiger partial charge in [0.15, 0.2) is 0 Å². The number of para-hydroxylation sites is 1. The molecule has 2 amide bonds. The highest BCUT2D eigenvalue weighted by Crippen LogP contribution is 2.35. The Hall–Kier alpha value is -3.57. The second-order valence-corrected chi connectivity index (χ2v) is 8.96. The van der Waals surface area contributed by atoms with Gasteiger partial charge in [0, 0.05) is 29.2 Å². The van der Waals surface area contributed by atoms with Crippen molar-refractivity contribution in [3.05, 3.63) is 112 Å². The first-order valence-corrected chi connectivity index (χ1v) is 11.3. The zero-order valence-corrected chi connectivity index (χ0v) is 18.5. The normalized spacial score (nSPS) is 15.3. The van der Waals surface area contributed by atoms with Gasteiger partial charge in [0.2, 0.25) is 0 Å². The van der Waals surface area contributed by atoms with Crippen LogP contribution in [0.3, 0.4) is 0 Å². The second kappa shape index (κ2) is 8.52. The van der Waals surface area contributed by atoms with E-state index in [9.17, 15) is 9.59 Å². The molecule has 0 aliphatic carbocycles. The fraction of sp³-hybridized carbons (Fsp3) is 0.111. The molecule has 32 heavy (non-hydrogen) atoms. The summed E-state index contributed by atoms with van der Waals surface area (Å²) in [7, 11) is 0. The maximum Gasteiger partial charge on any atom is 0.293 e. The van der Waals surface area contributed by atoms with Gasteiger partial charge in [0.1, 0.15) is 0 Å². The largest absolute Gasteiger partial charge is 0.342 e. The summed E-state index contributed by atoms with van der Waals surface area (Å²) in [5, 5.41) is 0.836. The molecule has 0 unspecified atom stereocenters.